The fourth-order valence-corrected chi connectivity index (χ4v) is 3.50. The van der Waals surface area contributed by atoms with Crippen molar-refractivity contribution in [3.63, 3.8) is 0 Å². The molecule has 5 heteroatoms. The lowest BCUT2D eigenvalue weighted by molar-refractivity contribution is 0.380. The van der Waals surface area contributed by atoms with E-state index in [2.05, 4.69) is 29.6 Å². The van der Waals surface area contributed by atoms with Gasteiger partial charge in [-0.1, -0.05) is 36.5 Å². The fourth-order valence-electron chi connectivity index (χ4n) is 3.29. The maximum atomic E-state index is 5.43. The number of aryl methyl sites for hydroxylation is 1. The molecule has 0 amide bonds. The molecule has 0 radical (unpaired) electrons. The molecule has 1 unspecified atom stereocenters. The van der Waals surface area contributed by atoms with Gasteiger partial charge in [-0.25, -0.2) is 0 Å². The van der Waals surface area contributed by atoms with Gasteiger partial charge < -0.3 is 14.8 Å². The van der Waals surface area contributed by atoms with Crippen molar-refractivity contribution in [3.8, 4) is 11.5 Å². The zero-order valence-corrected chi connectivity index (χ0v) is 16.2. The molecule has 0 aliphatic carbocycles. The molecule has 3 rings (SSSR count). The molecule has 136 valence electrons. The number of methoxy groups -OCH3 is 2. The summed E-state index contributed by atoms with van der Waals surface area (Å²) >= 11 is 5.43. The Labute approximate surface area is 160 Å². The van der Waals surface area contributed by atoms with Gasteiger partial charge in [0.1, 0.15) is 16.5 Å². The molecule has 4 nitrogen and oxygen atoms in total. The number of aliphatic imine (C=N–C) groups is 1. The van der Waals surface area contributed by atoms with E-state index in [1.807, 2.05) is 31.2 Å². The first-order valence-electron chi connectivity index (χ1n) is 8.73. The van der Waals surface area contributed by atoms with Crippen molar-refractivity contribution < 1.29 is 9.47 Å². The molecular formula is C21H24N2O2S. The Kier molecular flexibility index (Phi) is 5.57. The average molecular weight is 369 g/mol. The largest absolute Gasteiger partial charge is 0.497 e. The normalized spacial score (nSPS) is 19.0. The molecule has 1 heterocycles. The van der Waals surface area contributed by atoms with Crippen molar-refractivity contribution in [1.29, 1.82) is 0 Å². The molecule has 0 aromatic heterocycles. The molecule has 1 atom stereocenters. The van der Waals surface area contributed by atoms with Gasteiger partial charge in [0.05, 0.1) is 19.9 Å². The molecule has 0 bridgehead atoms. The van der Waals surface area contributed by atoms with Crippen LogP contribution < -0.4 is 14.8 Å². The third-order valence-corrected chi connectivity index (χ3v) is 5.11. The second kappa shape index (κ2) is 7.87. The molecule has 0 saturated heterocycles. The van der Waals surface area contributed by atoms with Crippen molar-refractivity contribution >= 4 is 22.9 Å². The Hall–Kier alpha value is -2.40. The van der Waals surface area contributed by atoms with E-state index in [0.717, 1.165) is 47.0 Å². The van der Waals surface area contributed by atoms with Gasteiger partial charge in [0, 0.05) is 0 Å². The molecule has 2 aromatic rings. The average Bonchev–Trinajstić information content (AvgIpc) is 2.97. The minimum Gasteiger partial charge on any atom is -0.497 e. The maximum Gasteiger partial charge on any atom is 0.156 e. The molecule has 0 fully saturated rings. The van der Waals surface area contributed by atoms with Crippen LogP contribution in [0.25, 0.3) is 0 Å². The fraction of sp³-hybridized carbons (Fsp3) is 0.333. The minimum absolute atomic E-state index is 0.494. The van der Waals surface area contributed by atoms with Crippen LogP contribution in [-0.2, 0) is 12.1 Å². The topological polar surface area (TPSA) is 42.9 Å². The Balaban J connectivity index is 1.77. The van der Waals surface area contributed by atoms with Gasteiger partial charge in [0.15, 0.2) is 5.66 Å². The monoisotopic (exact) mass is 368 g/mol. The lowest BCUT2D eigenvalue weighted by atomic mass is 9.93. The lowest BCUT2D eigenvalue weighted by Gasteiger charge is -2.28. The van der Waals surface area contributed by atoms with Gasteiger partial charge in [0.2, 0.25) is 0 Å². The van der Waals surface area contributed by atoms with Crippen LogP contribution in [0.3, 0.4) is 0 Å². The number of ether oxygens (including phenoxy) is 2. The van der Waals surface area contributed by atoms with Crippen molar-refractivity contribution in [2.24, 2.45) is 4.99 Å². The zero-order valence-electron chi connectivity index (χ0n) is 15.4. The van der Waals surface area contributed by atoms with Gasteiger partial charge in [-0.3, -0.25) is 4.99 Å². The summed E-state index contributed by atoms with van der Waals surface area (Å²) in [6, 6.07) is 16.3. The lowest BCUT2D eigenvalue weighted by Crippen LogP contribution is -2.39. The first-order chi connectivity index (χ1) is 12.6. The molecule has 26 heavy (non-hydrogen) atoms. The highest BCUT2D eigenvalue weighted by molar-refractivity contribution is 7.82. The quantitative estimate of drug-likeness (QED) is 0.741. The number of nitrogens with zero attached hydrogens (tertiary/aromatic N) is 1. The van der Waals surface area contributed by atoms with Crippen LogP contribution in [0.15, 0.2) is 53.5 Å². The third kappa shape index (κ3) is 3.88. The smallest absolute Gasteiger partial charge is 0.156 e. The number of hydrogen-bond acceptors (Lipinski definition) is 4. The summed E-state index contributed by atoms with van der Waals surface area (Å²) in [6.45, 7) is 1.96. The van der Waals surface area contributed by atoms with Crippen molar-refractivity contribution in [3.05, 3.63) is 59.7 Å². The van der Waals surface area contributed by atoms with Crippen LogP contribution in [0.2, 0.25) is 0 Å². The number of thiocarbonyl (C=S) groups is 1. The van der Waals surface area contributed by atoms with Gasteiger partial charge in [0.25, 0.3) is 0 Å². The second-order valence-corrected chi connectivity index (χ2v) is 6.85. The summed E-state index contributed by atoms with van der Waals surface area (Å²) in [7, 11) is 3.36. The molecule has 1 aliphatic heterocycles. The van der Waals surface area contributed by atoms with Gasteiger partial charge >= 0.3 is 0 Å². The van der Waals surface area contributed by atoms with Gasteiger partial charge in [-0.15, -0.1) is 0 Å². The molecular weight excluding hydrogens is 344 g/mol. The van der Waals surface area contributed by atoms with E-state index in [-0.39, 0.29) is 0 Å². The summed E-state index contributed by atoms with van der Waals surface area (Å²) in [4.78, 5) is 5.61. The van der Waals surface area contributed by atoms with E-state index in [9.17, 15) is 0 Å². The van der Waals surface area contributed by atoms with Gasteiger partial charge in [-0.2, -0.15) is 0 Å². The van der Waals surface area contributed by atoms with Crippen LogP contribution in [0.5, 0.6) is 11.5 Å². The summed E-state index contributed by atoms with van der Waals surface area (Å²) < 4.78 is 10.6. The summed E-state index contributed by atoms with van der Waals surface area (Å²) in [5.41, 5.74) is 2.75. The van der Waals surface area contributed by atoms with Crippen molar-refractivity contribution in [1.82, 2.24) is 5.32 Å². The van der Waals surface area contributed by atoms with Crippen molar-refractivity contribution in [2.75, 3.05) is 14.2 Å². The van der Waals surface area contributed by atoms with E-state index >= 15 is 0 Å². The summed E-state index contributed by atoms with van der Waals surface area (Å²) in [5, 5.41) is 3.44. The predicted molar refractivity (Wildman–Crippen MR) is 109 cm³/mol. The van der Waals surface area contributed by atoms with Crippen LogP contribution in [0, 0.1) is 0 Å². The van der Waals surface area contributed by atoms with Crippen molar-refractivity contribution in [2.45, 2.75) is 31.8 Å². The minimum atomic E-state index is -0.494. The van der Waals surface area contributed by atoms with E-state index in [1.54, 1.807) is 14.2 Å². The Morgan fingerprint density at radius 1 is 1.04 bits per heavy atom. The number of nitrogens with one attached hydrogen (secondary N) is 1. The van der Waals surface area contributed by atoms with Crippen LogP contribution >= 0.6 is 12.2 Å². The molecule has 1 aliphatic rings. The maximum absolute atomic E-state index is 5.43. The predicted octanol–water partition coefficient (Wildman–Crippen LogP) is 4.27. The molecule has 0 saturated carbocycles. The standard InChI is InChI=1S/C21H24N2O2S/c1-15-20(26)23-21(22-15,17-9-11-18(24-2)12-10-17)13-5-7-16-6-4-8-19(14-16)25-3/h4,6,8-12,14H,5,7,13H2,1-3H3,(H,23,26). The zero-order chi connectivity index (χ0) is 18.6. The van der Waals surface area contributed by atoms with Gasteiger partial charge in [-0.05, 0) is 61.6 Å². The Bertz CT molecular complexity index is 817. The SMILES string of the molecule is COc1ccc(C2(CCCc3cccc(OC)c3)N=C(C)C(=S)N2)cc1. The number of rotatable bonds is 7. The van der Waals surface area contributed by atoms with Crippen LogP contribution in [-0.4, -0.2) is 24.9 Å². The Morgan fingerprint density at radius 2 is 1.77 bits per heavy atom. The molecule has 0 spiro atoms. The second-order valence-electron chi connectivity index (χ2n) is 6.45. The van der Waals surface area contributed by atoms with E-state index in [1.165, 1.54) is 5.56 Å². The molecule has 2 aromatic carbocycles. The highest BCUT2D eigenvalue weighted by atomic mass is 32.1. The van der Waals surface area contributed by atoms with E-state index in [0.29, 0.717) is 0 Å². The Morgan fingerprint density at radius 3 is 2.38 bits per heavy atom. The molecule has 1 N–H and O–H groups in total. The highest BCUT2D eigenvalue weighted by Gasteiger charge is 2.37. The summed E-state index contributed by atoms with van der Waals surface area (Å²) in [6.07, 6.45) is 2.79. The first-order valence-corrected chi connectivity index (χ1v) is 9.13. The third-order valence-electron chi connectivity index (χ3n) is 4.71. The highest BCUT2D eigenvalue weighted by Crippen LogP contribution is 2.34. The first kappa shape index (κ1) is 18.4. The summed E-state index contributed by atoms with van der Waals surface area (Å²) in [5.74, 6) is 1.72. The number of benzene rings is 2. The van der Waals surface area contributed by atoms with Crippen LogP contribution in [0.1, 0.15) is 30.9 Å². The van der Waals surface area contributed by atoms with E-state index < -0.39 is 5.66 Å². The number of hydrogen-bond donors (Lipinski definition) is 1. The van der Waals surface area contributed by atoms with Crippen LogP contribution in [0.4, 0.5) is 0 Å². The van der Waals surface area contributed by atoms with E-state index in [4.69, 9.17) is 26.7 Å².